The van der Waals surface area contributed by atoms with E-state index in [0.717, 1.165) is 75.3 Å². The van der Waals surface area contributed by atoms with Crippen molar-refractivity contribution in [2.24, 2.45) is 0 Å². The molecule has 3 heterocycles. The zero-order valence-electron chi connectivity index (χ0n) is 24.3. The van der Waals surface area contributed by atoms with Crippen molar-refractivity contribution < 1.29 is 19.0 Å². The number of hydrogen-bond donors (Lipinski definition) is 3. The number of ether oxygens (including phenoxy) is 1. The van der Waals surface area contributed by atoms with Crippen LogP contribution >= 0.6 is 11.3 Å². The molecule has 4 aromatic rings. The number of nitrogens with one attached hydrogen (secondary N) is 2. The van der Waals surface area contributed by atoms with Crippen LogP contribution in [-0.2, 0) is 13.0 Å². The van der Waals surface area contributed by atoms with Crippen LogP contribution in [0.15, 0.2) is 66.9 Å². The highest BCUT2D eigenvalue weighted by molar-refractivity contribution is 7.17. The molecule has 0 aliphatic carbocycles. The van der Waals surface area contributed by atoms with Crippen molar-refractivity contribution in [3.63, 3.8) is 0 Å². The van der Waals surface area contributed by atoms with Gasteiger partial charge in [-0.25, -0.2) is 14.4 Å². The first kappa shape index (κ1) is 30.6. The van der Waals surface area contributed by atoms with E-state index in [0.29, 0.717) is 16.3 Å². The first-order valence-corrected chi connectivity index (χ1v) is 15.3. The third-order valence-electron chi connectivity index (χ3n) is 7.40. The fraction of sp³-hybridized carbons (Fsp3) is 0.344. The molecule has 1 fully saturated rings. The van der Waals surface area contributed by atoms with Gasteiger partial charge in [0.25, 0.3) is 5.91 Å². The standard InChI is InChI=1S/C32H37FN6O3S/c1-42-26-9-3-6-24(20-26)21-34-31(41)29-11-10-28(43-29)30-27(33)22-35-32(37-30)36-25-8-2-5-23(19-25)7-4-12-38-13-15-39(16-14-38)17-18-40/h2-3,5-6,8-11,19-20,22,40H,4,7,12-18,21H2,1H3,(H,34,41)(H,35,36,37). The molecule has 0 radical (unpaired) electrons. The lowest BCUT2D eigenvalue weighted by atomic mass is 10.1. The first-order chi connectivity index (χ1) is 21.0. The average Bonchev–Trinajstić information content (AvgIpc) is 3.52. The number of nitrogens with zero attached hydrogens (tertiary/aromatic N) is 4. The van der Waals surface area contributed by atoms with Crippen LogP contribution in [0.25, 0.3) is 10.6 Å². The molecule has 226 valence electrons. The van der Waals surface area contributed by atoms with E-state index >= 15 is 0 Å². The topological polar surface area (TPSA) is 103 Å². The zero-order chi connectivity index (χ0) is 30.0. The van der Waals surface area contributed by atoms with Gasteiger partial charge in [-0.05, 0) is 66.9 Å². The van der Waals surface area contributed by atoms with Crippen LogP contribution in [0.2, 0.25) is 0 Å². The van der Waals surface area contributed by atoms with Crippen molar-refractivity contribution >= 4 is 28.9 Å². The number of aromatic nitrogens is 2. The average molecular weight is 605 g/mol. The third kappa shape index (κ3) is 8.57. The van der Waals surface area contributed by atoms with Crippen LogP contribution in [0.1, 0.15) is 27.2 Å². The highest BCUT2D eigenvalue weighted by atomic mass is 32.1. The summed E-state index contributed by atoms with van der Waals surface area (Å²) in [5.41, 5.74) is 3.09. The largest absolute Gasteiger partial charge is 0.497 e. The number of aliphatic hydroxyl groups is 1. The van der Waals surface area contributed by atoms with Gasteiger partial charge < -0.3 is 25.4 Å². The van der Waals surface area contributed by atoms with E-state index in [1.54, 1.807) is 19.2 Å². The number of β-amino-alcohol motifs (C(OH)–C–C–N with tert-alkyl or cyclic N) is 1. The number of methoxy groups -OCH3 is 1. The first-order valence-electron chi connectivity index (χ1n) is 14.5. The molecule has 1 amide bonds. The van der Waals surface area contributed by atoms with Crippen LogP contribution < -0.4 is 15.4 Å². The number of halogens is 1. The maximum absolute atomic E-state index is 14.8. The summed E-state index contributed by atoms with van der Waals surface area (Å²) in [5.74, 6) is 0.210. The van der Waals surface area contributed by atoms with E-state index < -0.39 is 5.82 Å². The van der Waals surface area contributed by atoms with Gasteiger partial charge in [-0.1, -0.05) is 24.3 Å². The van der Waals surface area contributed by atoms with Gasteiger partial charge in [-0.15, -0.1) is 11.3 Å². The van der Waals surface area contributed by atoms with E-state index in [2.05, 4.69) is 42.5 Å². The Morgan fingerprint density at radius 1 is 1.02 bits per heavy atom. The summed E-state index contributed by atoms with van der Waals surface area (Å²) in [5, 5.41) is 15.2. The molecule has 11 heteroatoms. The summed E-state index contributed by atoms with van der Waals surface area (Å²) in [6.45, 7) is 6.43. The SMILES string of the molecule is COc1cccc(CNC(=O)c2ccc(-c3nc(Nc4cccc(CCCN5CCN(CCO)CC5)c4)ncc3F)s2)c1. The van der Waals surface area contributed by atoms with Crippen molar-refractivity contribution in [1.29, 1.82) is 0 Å². The molecule has 2 aromatic carbocycles. The van der Waals surface area contributed by atoms with E-state index in [1.807, 2.05) is 36.4 Å². The molecule has 3 N–H and O–H groups in total. The van der Waals surface area contributed by atoms with Gasteiger partial charge in [0.15, 0.2) is 5.82 Å². The lowest BCUT2D eigenvalue weighted by molar-refractivity contribution is 0.0955. The lowest BCUT2D eigenvalue weighted by Gasteiger charge is -2.34. The Labute approximate surface area is 255 Å². The maximum Gasteiger partial charge on any atom is 0.261 e. The molecule has 0 saturated carbocycles. The highest BCUT2D eigenvalue weighted by Crippen LogP contribution is 2.30. The molecule has 0 spiro atoms. The Kier molecular flexibility index (Phi) is 10.7. The second kappa shape index (κ2) is 15.0. The molecule has 43 heavy (non-hydrogen) atoms. The van der Waals surface area contributed by atoms with Gasteiger partial charge >= 0.3 is 0 Å². The molecule has 9 nitrogen and oxygen atoms in total. The second-order valence-electron chi connectivity index (χ2n) is 10.4. The van der Waals surface area contributed by atoms with Crippen LogP contribution in [0.3, 0.4) is 0 Å². The van der Waals surface area contributed by atoms with Crippen LogP contribution in [0.5, 0.6) is 5.75 Å². The van der Waals surface area contributed by atoms with Crippen molar-refractivity contribution in [2.75, 3.05) is 58.3 Å². The number of amides is 1. The molecule has 1 aliphatic heterocycles. The summed E-state index contributed by atoms with van der Waals surface area (Å²) in [4.78, 5) is 27.1. The highest BCUT2D eigenvalue weighted by Gasteiger charge is 2.17. The summed E-state index contributed by atoms with van der Waals surface area (Å²) in [6, 6.07) is 19.0. The van der Waals surface area contributed by atoms with Crippen molar-refractivity contribution in [1.82, 2.24) is 25.1 Å². The van der Waals surface area contributed by atoms with E-state index in [9.17, 15) is 9.18 Å². The Morgan fingerprint density at radius 3 is 2.58 bits per heavy atom. The molecule has 5 rings (SSSR count). The number of carbonyl (C=O) groups is 1. The van der Waals surface area contributed by atoms with Gasteiger partial charge in [-0.3, -0.25) is 9.69 Å². The number of benzene rings is 2. The van der Waals surface area contributed by atoms with Gasteiger partial charge in [0.05, 0.1) is 29.7 Å². The summed E-state index contributed by atoms with van der Waals surface area (Å²) in [7, 11) is 1.60. The Morgan fingerprint density at radius 2 is 1.79 bits per heavy atom. The van der Waals surface area contributed by atoms with Gasteiger partial charge in [-0.2, -0.15) is 0 Å². The minimum atomic E-state index is -0.554. The predicted molar refractivity (Wildman–Crippen MR) is 167 cm³/mol. The number of aryl methyl sites for hydroxylation is 1. The Bertz CT molecular complexity index is 1510. The molecular weight excluding hydrogens is 567 g/mol. The number of piperazine rings is 1. The Balaban J connectivity index is 1.16. The second-order valence-corrected chi connectivity index (χ2v) is 11.5. The summed E-state index contributed by atoms with van der Waals surface area (Å²) in [6.07, 6.45) is 3.14. The third-order valence-corrected chi connectivity index (χ3v) is 8.49. The monoisotopic (exact) mass is 604 g/mol. The quantitative estimate of drug-likeness (QED) is 0.204. The Hall–Kier alpha value is -3.90. The van der Waals surface area contributed by atoms with Gasteiger partial charge in [0.1, 0.15) is 11.4 Å². The smallest absolute Gasteiger partial charge is 0.261 e. The fourth-order valence-electron chi connectivity index (χ4n) is 5.06. The zero-order valence-corrected chi connectivity index (χ0v) is 25.1. The molecule has 0 unspecified atom stereocenters. The van der Waals surface area contributed by atoms with Crippen molar-refractivity contribution in [3.8, 4) is 16.3 Å². The number of thiophene rings is 1. The molecule has 1 aliphatic rings. The summed E-state index contributed by atoms with van der Waals surface area (Å²) < 4.78 is 20.0. The number of aliphatic hydroxyl groups excluding tert-OH is 1. The molecule has 2 aromatic heterocycles. The van der Waals surface area contributed by atoms with Crippen LogP contribution in [-0.4, -0.2) is 83.8 Å². The van der Waals surface area contributed by atoms with Crippen LogP contribution in [0, 0.1) is 5.82 Å². The fourth-order valence-corrected chi connectivity index (χ4v) is 5.97. The lowest BCUT2D eigenvalue weighted by Crippen LogP contribution is -2.47. The van der Waals surface area contributed by atoms with E-state index in [4.69, 9.17) is 9.84 Å². The number of hydrogen-bond acceptors (Lipinski definition) is 9. The molecule has 1 saturated heterocycles. The van der Waals surface area contributed by atoms with Gasteiger partial charge in [0.2, 0.25) is 5.95 Å². The van der Waals surface area contributed by atoms with Gasteiger partial charge in [0, 0.05) is 45.0 Å². The predicted octanol–water partition coefficient (Wildman–Crippen LogP) is 4.57. The minimum absolute atomic E-state index is 0.143. The van der Waals surface area contributed by atoms with E-state index in [1.165, 1.54) is 16.9 Å². The molecular formula is C32H37FN6O3S. The maximum atomic E-state index is 14.8. The van der Waals surface area contributed by atoms with E-state index in [-0.39, 0.29) is 24.2 Å². The van der Waals surface area contributed by atoms with Crippen molar-refractivity contribution in [3.05, 3.63) is 88.7 Å². The normalized spacial score (nSPS) is 14.0. The number of anilines is 2. The minimum Gasteiger partial charge on any atom is -0.497 e. The molecule has 0 atom stereocenters. The summed E-state index contributed by atoms with van der Waals surface area (Å²) >= 11 is 1.18. The van der Waals surface area contributed by atoms with Crippen LogP contribution in [0.4, 0.5) is 16.0 Å². The molecule has 0 bridgehead atoms. The number of carbonyl (C=O) groups excluding carboxylic acids is 1. The number of rotatable bonds is 13. The van der Waals surface area contributed by atoms with Crippen molar-refractivity contribution in [2.45, 2.75) is 19.4 Å².